The molecule has 0 spiro atoms. The Morgan fingerprint density at radius 3 is 2.65 bits per heavy atom. The maximum absolute atomic E-state index is 11.5. The Morgan fingerprint density at radius 2 is 1.95 bits per heavy atom. The first kappa shape index (κ1) is 14.1. The Balaban J connectivity index is 2.24. The normalized spacial score (nSPS) is 10.1. The van der Waals surface area contributed by atoms with Crippen LogP contribution in [0.25, 0.3) is 0 Å². The molecule has 0 aliphatic heterocycles. The van der Waals surface area contributed by atoms with Gasteiger partial charge in [-0.05, 0) is 30.3 Å². The van der Waals surface area contributed by atoms with E-state index in [1.807, 2.05) is 6.07 Å². The number of carboxylic acid groups (broad SMARTS) is 1. The van der Waals surface area contributed by atoms with Gasteiger partial charge in [0.2, 0.25) is 0 Å². The van der Waals surface area contributed by atoms with E-state index in [2.05, 4.69) is 10.3 Å². The first-order valence-corrected chi connectivity index (χ1v) is 6.61. The topological polar surface area (TPSA) is 79.3 Å². The SMILES string of the molecule is CNC(=O)c1cc(Sc2cccc(C(=O)O)c2)ccn1. The molecule has 0 unspecified atom stereocenters. The molecule has 2 aromatic rings. The lowest BCUT2D eigenvalue weighted by molar-refractivity contribution is 0.0696. The van der Waals surface area contributed by atoms with Gasteiger partial charge in [0.1, 0.15) is 5.69 Å². The summed E-state index contributed by atoms with van der Waals surface area (Å²) in [6.07, 6.45) is 1.55. The number of carbonyl (C=O) groups is 2. The molecule has 1 aromatic carbocycles. The number of aromatic nitrogens is 1. The number of nitrogens with zero attached hydrogens (tertiary/aromatic N) is 1. The minimum atomic E-state index is -0.965. The van der Waals surface area contributed by atoms with Crippen LogP contribution in [0.5, 0.6) is 0 Å². The van der Waals surface area contributed by atoms with Gasteiger partial charge in [-0.1, -0.05) is 17.8 Å². The van der Waals surface area contributed by atoms with E-state index < -0.39 is 5.97 Å². The number of carboxylic acids is 1. The van der Waals surface area contributed by atoms with Crippen LogP contribution < -0.4 is 5.32 Å². The Bertz CT molecular complexity index is 658. The lowest BCUT2D eigenvalue weighted by atomic mass is 10.2. The van der Waals surface area contributed by atoms with Gasteiger partial charge in [0.05, 0.1) is 5.56 Å². The van der Waals surface area contributed by atoms with Gasteiger partial charge in [-0.15, -0.1) is 0 Å². The number of hydrogen-bond donors (Lipinski definition) is 2. The van der Waals surface area contributed by atoms with E-state index in [0.29, 0.717) is 5.69 Å². The lowest BCUT2D eigenvalue weighted by Gasteiger charge is -2.04. The molecule has 1 heterocycles. The Morgan fingerprint density at radius 1 is 1.20 bits per heavy atom. The summed E-state index contributed by atoms with van der Waals surface area (Å²) in [4.78, 5) is 28.0. The second-order valence-electron chi connectivity index (χ2n) is 3.89. The maximum Gasteiger partial charge on any atom is 0.335 e. The highest BCUT2D eigenvalue weighted by atomic mass is 32.2. The van der Waals surface area contributed by atoms with E-state index in [0.717, 1.165) is 9.79 Å². The van der Waals surface area contributed by atoms with Crippen LogP contribution in [0.2, 0.25) is 0 Å². The van der Waals surface area contributed by atoms with Gasteiger partial charge in [0.15, 0.2) is 0 Å². The molecule has 2 rings (SSSR count). The van der Waals surface area contributed by atoms with Gasteiger partial charge in [0, 0.05) is 23.0 Å². The van der Waals surface area contributed by atoms with Crippen molar-refractivity contribution >= 4 is 23.6 Å². The zero-order chi connectivity index (χ0) is 14.5. The first-order chi connectivity index (χ1) is 9.60. The highest BCUT2D eigenvalue weighted by Gasteiger charge is 2.08. The quantitative estimate of drug-likeness (QED) is 0.902. The number of hydrogen-bond acceptors (Lipinski definition) is 4. The molecule has 0 fully saturated rings. The summed E-state index contributed by atoms with van der Waals surface area (Å²) in [5.41, 5.74) is 0.558. The molecule has 0 aliphatic rings. The number of aromatic carboxylic acids is 1. The molecule has 20 heavy (non-hydrogen) atoms. The van der Waals surface area contributed by atoms with Crippen molar-refractivity contribution in [2.45, 2.75) is 9.79 Å². The van der Waals surface area contributed by atoms with Crippen LogP contribution in [0, 0.1) is 0 Å². The number of amides is 1. The fourth-order valence-electron chi connectivity index (χ4n) is 1.56. The van der Waals surface area contributed by atoms with Crippen LogP contribution >= 0.6 is 11.8 Å². The molecular weight excluding hydrogens is 276 g/mol. The molecule has 1 amide bonds. The van der Waals surface area contributed by atoms with Crippen LogP contribution in [0.3, 0.4) is 0 Å². The van der Waals surface area contributed by atoms with E-state index >= 15 is 0 Å². The largest absolute Gasteiger partial charge is 0.478 e. The van der Waals surface area contributed by atoms with Gasteiger partial charge in [-0.2, -0.15) is 0 Å². The second-order valence-corrected chi connectivity index (χ2v) is 5.04. The zero-order valence-electron chi connectivity index (χ0n) is 10.7. The van der Waals surface area contributed by atoms with Gasteiger partial charge in [-0.3, -0.25) is 9.78 Å². The molecule has 2 N–H and O–H groups in total. The predicted molar refractivity (Wildman–Crippen MR) is 75.2 cm³/mol. The Hall–Kier alpha value is -2.34. The summed E-state index contributed by atoms with van der Waals surface area (Å²) in [5, 5.41) is 11.5. The highest BCUT2D eigenvalue weighted by Crippen LogP contribution is 2.28. The number of pyridine rings is 1. The summed E-state index contributed by atoms with van der Waals surface area (Å²) in [6.45, 7) is 0. The summed E-state index contributed by atoms with van der Waals surface area (Å²) >= 11 is 1.38. The third kappa shape index (κ3) is 3.36. The molecular formula is C14H12N2O3S. The van der Waals surface area contributed by atoms with Crippen molar-refractivity contribution in [1.29, 1.82) is 0 Å². The van der Waals surface area contributed by atoms with Crippen molar-refractivity contribution in [3.8, 4) is 0 Å². The van der Waals surface area contributed by atoms with Crippen molar-refractivity contribution in [1.82, 2.24) is 10.3 Å². The first-order valence-electron chi connectivity index (χ1n) is 5.79. The zero-order valence-corrected chi connectivity index (χ0v) is 11.5. The van der Waals surface area contributed by atoms with Crippen LogP contribution in [0.1, 0.15) is 20.8 Å². The number of benzene rings is 1. The molecule has 0 radical (unpaired) electrons. The van der Waals surface area contributed by atoms with Gasteiger partial charge < -0.3 is 10.4 Å². The van der Waals surface area contributed by atoms with Crippen LogP contribution in [0.4, 0.5) is 0 Å². The van der Waals surface area contributed by atoms with Gasteiger partial charge in [-0.25, -0.2) is 4.79 Å². The van der Waals surface area contributed by atoms with Crippen molar-refractivity contribution < 1.29 is 14.7 Å². The fourth-order valence-corrected chi connectivity index (χ4v) is 2.46. The predicted octanol–water partition coefficient (Wildman–Crippen LogP) is 2.29. The van der Waals surface area contributed by atoms with E-state index in [4.69, 9.17) is 5.11 Å². The second kappa shape index (κ2) is 6.21. The molecule has 0 bridgehead atoms. The van der Waals surface area contributed by atoms with E-state index in [1.165, 1.54) is 17.8 Å². The fraction of sp³-hybridized carbons (Fsp3) is 0.0714. The molecule has 102 valence electrons. The van der Waals surface area contributed by atoms with Crippen molar-refractivity contribution in [2.24, 2.45) is 0 Å². The molecule has 0 saturated carbocycles. The molecule has 5 nitrogen and oxygen atoms in total. The lowest BCUT2D eigenvalue weighted by Crippen LogP contribution is -2.18. The highest BCUT2D eigenvalue weighted by molar-refractivity contribution is 7.99. The molecule has 0 aliphatic carbocycles. The molecule has 0 atom stereocenters. The van der Waals surface area contributed by atoms with Crippen LogP contribution in [-0.2, 0) is 0 Å². The van der Waals surface area contributed by atoms with E-state index in [-0.39, 0.29) is 11.5 Å². The summed E-state index contributed by atoms with van der Waals surface area (Å²) in [7, 11) is 1.54. The van der Waals surface area contributed by atoms with Crippen LogP contribution in [0.15, 0.2) is 52.4 Å². The van der Waals surface area contributed by atoms with Gasteiger partial charge >= 0.3 is 5.97 Å². The van der Waals surface area contributed by atoms with Crippen molar-refractivity contribution in [2.75, 3.05) is 7.05 Å². The third-order valence-corrected chi connectivity index (χ3v) is 3.49. The molecule has 6 heteroatoms. The van der Waals surface area contributed by atoms with E-state index in [9.17, 15) is 9.59 Å². The smallest absolute Gasteiger partial charge is 0.335 e. The Labute approximate surface area is 120 Å². The number of carbonyl (C=O) groups excluding carboxylic acids is 1. The average molecular weight is 288 g/mol. The molecule has 0 saturated heterocycles. The number of nitrogens with one attached hydrogen (secondary N) is 1. The summed E-state index contributed by atoms with van der Waals surface area (Å²) in [6, 6.07) is 10.1. The summed E-state index contributed by atoms with van der Waals surface area (Å²) < 4.78 is 0. The average Bonchev–Trinajstić information content (AvgIpc) is 2.47. The maximum atomic E-state index is 11.5. The number of rotatable bonds is 4. The van der Waals surface area contributed by atoms with Crippen molar-refractivity contribution in [3.05, 3.63) is 53.9 Å². The molecule has 1 aromatic heterocycles. The standard InChI is InChI=1S/C14H12N2O3S/c1-15-13(17)12-8-11(5-6-16-12)20-10-4-2-3-9(7-10)14(18)19/h2-8H,1H3,(H,15,17)(H,18,19). The monoisotopic (exact) mass is 288 g/mol. The minimum Gasteiger partial charge on any atom is -0.478 e. The van der Waals surface area contributed by atoms with E-state index in [1.54, 1.807) is 37.5 Å². The minimum absolute atomic E-state index is 0.232. The van der Waals surface area contributed by atoms with Gasteiger partial charge in [0.25, 0.3) is 5.91 Å². The van der Waals surface area contributed by atoms with Crippen molar-refractivity contribution in [3.63, 3.8) is 0 Å². The third-order valence-electron chi connectivity index (χ3n) is 2.51. The summed E-state index contributed by atoms with van der Waals surface area (Å²) in [5.74, 6) is -1.22. The Kier molecular flexibility index (Phi) is 4.37. The van der Waals surface area contributed by atoms with Crippen LogP contribution in [-0.4, -0.2) is 29.0 Å².